The number of rotatable bonds is 1. The predicted octanol–water partition coefficient (Wildman–Crippen LogP) is 3.30. The minimum atomic E-state index is -6.13. The summed E-state index contributed by atoms with van der Waals surface area (Å²) in [6.07, 6.45) is -15.9. The molecule has 0 rings (SSSR count). The molecule has 0 aromatic heterocycles. The molecular weight excluding hydrogens is 230 g/mol. The second-order valence-corrected chi connectivity index (χ2v) is 2.12. The van der Waals surface area contributed by atoms with Gasteiger partial charge in [-0.15, -0.1) is 0 Å². The molecule has 0 spiro atoms. The van der Waals surface area contributed by atoms with Crippen molar-refractivity contribution < 1.29 is 39.5 Å². The quantitative estimate of drug-likeness (QED) is 0.478. The Bertz CT molecular complexity index is 216. The van der Waals surface area contributed by atoms with Crippen LogP contribution < -0.4 is 0 Å². The Kier molecular flexibility index (Phi) is 3.52. The fraction of sp³-hybridized carbons (Fsp3) is 0.500. The van der Waals surface area contributed by atoms with Crippen LogP contribution in [-0.2, 0) is 0 Å². The molecule has 0 N–H and O–H groups in total. The molecule has 0 aromatic rings. The Balaban J connectivity index is 5.27. The largest absolute Gasteiger partial charge is 0.471 e. The highest BCUT2D eigenvalue weighted by atomic mass is 19.4. The Morgan fingerprint density at radius 3 is 1.07 bits per heavy atom. The summed E-state index contributed by atoms with van der Waals surface area (Å²) in [5.74, 6) is 0. The lowest BCUT2D eigenvalue weighted by molar-refractivity contribution is -0.103. The summed E-state index contributed by atoms with van der Waals surface area (Å²) in [7, 11) is 0. The first kappa shape index (κ1) is 13.2. The maximum atomic E-state index is 11.9. The highest BCUT2D eigenvalue weighted by Crippen LogP contribution is 2.37. The maximum absolute atomic E-state index is 11.9. The van der Waals surface area contributed by atoms with Gasteiger partial charge in [-0.2, -0.15) is 35.1 Å². The topological polar surface area (TPSA) is 0 Å². The van der Waals surface area contributed by atoms with Crippen LogP contribution in [0.15, 0.2) is 11.8 Å². The summed E-state index contributed by atoms with van der Waals surface area (Å²) >= 11 is 0. The van der Waals surface area contributed by atoms with Crippen LogP contribution in [-0.4, -0.2) is 18.9 Å². The van der Waals surface area contributed by atoms with Crippen molar-refractivity contribution in [2.75, 3.05) is 0 Å². The zero-order valence-electron chi connectivity index (χ0n) is 5.98. The molecule has 14 heavy (non-hydrogen) atoms. The maximum Gasteiger partial charge on any atom is 0.471 e. The van der Waals surface area contributed by atoms with Gasteiger partial charge in [-0.25, -0.2) is 4.39 Å². The molecule has 0 radical (unpaired) electrons. The fourth-order valence-electron chi connectivity index (χ4n) is 0.582. The highest BCUT2D eigenvalue weighted by Gasteiger charge is 2.65. The smallest absolute Gasteiger partial charge is 0.216 e. The second-order valence-electron chi connectivity index (χ2n) is 2.12. The fourth-order valence-corrected chi connectivity index (χ4v) is 0.582. The van der Waals surface area contributed by atoms with Gasteiger partial charge in [0.2, 0.25) is 0 Å². The average Bonchev–Trinajstić information content (AvgIpc) is 1.79. The van der Waals surface area contributed by atoms with Gasteiger partial charge >= 0.3 is 18.9 Å². The Labute approximate surface area is 71.5 Å². The van der Waals surface area contributed by atoms with Gasteiger partial charge in [0, 0.05) is 0 Å². The zero-order chi connectivity index (χ0) is 11.7. The van der Waals surface area contributed by atoms with Crippen LogP contribution in [0.3, 0.4) is 0 Å². The van der Waals surface area contributed by atoms with Gasteiger partial charge in [0.05, 0.1) is 0 Å². The normalized spacial score (nSPS) is 12.6. The molecule has 0 aliphatic heterocycles. The first-order valence-corrected chi connectivity index (χ1v) is 2.82. The van der Waals surface area contributed by atoms with Crippen molar-refractivity contribution in [1.29, 1.82) is 0 Å². The van der Waals surface area contributed by atoms with Gasteiger partial charge in [0.1, 0.15) is 5.73 Å². The van der Waals surface area contributed by atoms with Crippen molar-refractivity contribution in [3.05, 3.63) is 11.8 Å². The average molecular weight is 230 g/mol. The molecule has 0 saturated heterocycles. The Morgan fingerprint density at radius 1 is 0.714 bits per heavy atom. The molecule has 0 bridgehead atoms. The third-order valence-electron chi connectivity index (χ3n) is 1.09. The standard InChI is InChI=1S/C4BF9/c6-1(2(7)8)5(3(9,10)11)4(12,13)14. The molecule has 0 aliphatic rings. The van der Waals surface area contributed by atoms with Crippen LogP contribution in [0, 0.1) is 0 Å². The highest BCUT2D eigenvalue weighted by molar-refractivity contribution is 6.69. The lowest BCUT2D eigenvalue weighted by Gasteiger charge is -2.17. The molecule has 0 aliphatic carbocycles. The van der Waals surface area contributed by atoms with E-state index in [1.807, 2.05) is 0 Å². The number of alkyl halides is 6. The molecule has 0 nitrogen and oxygen atoms in total. The van der Waals surface area contributed by atoms with Crippen LogP contribution in [0.1, 0.15) is 0 Å². The van der Waals surface area contributed by atoms with E-state index in [0.717, 1.165) is 0 Å². The second kappa shape index (κ2) is 3.74. The molecule has 0 amide bonds. The third-order valence-corrected chi connectivity index (χ3v) is 1.09. The minimum Gasteiger partial charge on any atom is -0.216 e. The van der Waals surface area contributed by atoms with Crippen LogP contribution in [0.2, 0.25) is 0 Å². The van der Waals surface area contributed by atoms with E-state index in [0.29, 0.717) is 0 Å². The van der Waals surface area contributed by atoms with E-state index >= 15 is 0 Å². The molecule has 0 aromatic carbocycles. The van der Waals surface area contributed by atoms with Gasteiger partial charge in [-0.1, -0.05) is 0 Å². The van der Waals surface area contributed by atoms with E-state index in [2.05, 4.69) is 0 Å². The summed E-state index contributed by atoms with van der Waals surface area (Å²) in [5, 5.41) is 0. The van der Waals surface area contributed by atoms with Gasteiger partial charge in [0.15, 0.2) is 0 Å². The van der Waals surface area contributed by atoms with E-state index < -0.39 is 30.7 Å². The molecule has 10 heteroatoms. The van der Waals surface area contributed by atoms with Gasteiger partial charge in [-0.3, -0.25) is 0 Å². The van der Waals surface area contributed by atoms with Crippen molar-refractivity contribution in [2.45, 2.75) is 12.2 Å². The molecule has 0 heterocycles. The summed E-state index contributed by atoms with van der Waals surface area (Å²) in [6.45, 7) is -4.76. The lowest BCUT2D eigenvalue weighted by Crippen LogP contribution is -2.48. The summed E-state index contributed by atoms with van der Waals surface area (Å²) in [5.41, 5.74) is -3.52. The summed E-state index contributed by atoms with van der Waals surface area (Å²) in [6, 6.07) is 0. The first-order valence-electron chi connectivity index (χ1n) is 2.82. The molecular formula is C4BF9. The predicted molar refractivity (Wildman–Crippen MR) is 28.2 cm³/mol. The van der Waals surface area contributed by atoms with E-state index in [-0.39, 0.29) is 0 Å². The van der Waals surface area contributed by atoms with Crippen LogP contribution in [0.4, 0.5) is 39.5 Å². The Hall–Kier alpha value is -0.825. The van der Waals surface area contributed by atoms with Crippen molar-refractivity contribution in [3.63, 3.8) is 0 Å². The number of halogens is 9. The summed E-state index contributed by atoms with van der Waals surface area (Å²) in [4.78, 5) is 0. The number of hydrogen-bond donors (Lipinski definition) is 0. The molecule has 0 saturated carbocycles. The number of hydrogen-bond acceptors (Lipinski definition) is 0. The molecule has 82 valence electrons. The minimum absolute atomic E-state index is 3.52. The van der Waals surface area contributed by atoms with Crippen molar-refractivity contribution >= 4 is 6.71 Å². The third kappa shape index (κ3) is 3.15. The van der Waals surface area contributed by atoms with Crippen LogP contribution in [0.5, 0.6) is 0 Å². The van der Waals surface area contributed by atoms with E-state index in [1.54, 1.807) is 0 Å². The summed E-state index contributed by atoms with van der Waals surface area (Å²) < 4.78 is 103. The lowest BCUT2D eigenvalue weighted by atomic mass is 9.47. The van der Waals surface area contributed by atoms with Crippen molar-refractivity contribution in [3.8, 4) is 0 Å². The van der Waals surface area contributed by atoms with Gasteiger partial charge in [0.25, 0.3) is 6.08 Å². The molecule has 0 unspecified atom stereocenters. The molecule has 0 atom stereocenters. The van der Waals surface area contributed by atoms with Crippen molar-refractivity contribution in [2.24, 2.45) is 0 Å². The van der Waals surface area contributed by atoms with E-state index in [9.17, 15) is 39.5 Å². The van der Waals surface area contributed by atoms with E-state index in [1.165, 1.54) is 0 Å². The zero-order valence-corrected chi connectivity index (χ0v) is 5.98. The Morgan fingerprint density at radius 2 is 1.00 bits per heavy atom. The van der Waals surface area contributed by atoms with Gasteiger partial charge < -0.3 is 0 Å². The van der Waals surface area contributed by atoms with Crippen LogP contribution >= 0.6 is 0 Å². The monoisotopic (exact) mass is 230 g/mol. The SMILES string of the molecule is FC(F)=C(F)B(C(F)(F)F)C(F)(F)F. The molecule has 0 fully saturated rings. The van der Waals surface area contributed by atoms with Crippen molar-refractivity contribution in [1.82, 2.24) is 0 Å². The first-order chi connectivity index (χ1) is 5.98. The van der Waals surface area contributed by atoms with E-state index in [4.69, 9.17) is 0 Å². The van der Waals surface area contributed by atoms with Gasteiger partial charge in [-0.05, 0) is 0 Å². The van der Waals surface area contributed by atoms with Crippen LogP contribution in [0.25, 0.3) is 0 Å².